The Balaban J connectivity index is 2.49. The maximum atomic E-state index is 11.0. The van der Waals surface area contributed by atoms with Gasteiger partial charge in [0.25, 0.3) is 0 Å². The molecule has 0 aliphatic rings. The highest BCUT2D eigenvalue weighted by molar-refractivity contribution is 5.81. The minimum absolute atomic E-state index is 0.0686. The second-order valence-electron chi connectivity index (χ2n) is 5.07. The molecule has 0 spiro atoms. The largest absolute Gasteiger partial charge is 0.491 e. The number of rotatable bonds is 9. The molecule has 22 heavy (non-hydrogen) atoms. The van der Waals surface area contributed by atoms with Gasteiger partial charge in [-0.15, -0.1) is 0 Å². The van der Waals surface area contributed by atoms with Gasteiger partial charge in [-0.05, 0) is 18.9 Å². The van der Waals surface area contributed by atoms with Crippen molar-refractivity contribution < 1.29 is 29.1 Å². The molecule has 0 aliphatic carbocycles. The van der Waals surface area contributed by atoms with Crippen LogP contribution < -0.4 is 14.6 Å². The summed E-state index contributed by atoms with van der Waals surface area (Å²) in [5.41, 5.74) is 0.751. The van der Waals surface area contributed by atoms with Crippen LogP contribution in [0.25, 0.3) is 0 Å². The summed E-state index contributed by atoms with van der Waals surface area (Å²) >= 11 is 0. The Kier molecular flexibility index (Phi) is 7.31. The fourth-order valence-corrected chi connectivity index (χ4v) is 2.14. The number of hydrogen-bond acceptors (Lipinski definition) is 4. The van der Waals surface area contributed by atoms with E-state index in [1.807, 2.05) is 17.0 Å². The average molecular weight is 311 g/mol. The van der Waals surface area contributed by atoms with Gasteiger partial charge in [-0.25, -0.2) is 9.36 Å². The van der Waals surface area contributed by atoms with E-state index in [0.717, 1.165) is 12.0 Å². The molecule has 122 valence electrons. The molecular formula is C15H23N2O5+. The second kappa shape index (κ2) is 8.99. The Morgan fingerprint density at radius 3 is 2.64 bits per heavy atom. The molecule has 0 radical (unpaired) electrons. The number of aliphatic hydroxyl groups is 1. The zero-order valence-electron chi connectivity index (χ0n) is 12.9. The molecule has 0 saturated heterocycles. The van der Waals surface area contributed by atoms with Crippen LogP contribution in [-0.2, 0) is 22.7 Å². The number of pyridine rings is 1. The van der Waals surface area contributed by atoms with Gasteiger partial charge in [-0.1, -0.05) is 0 Å². The predicted octanol–water partition coefficient (Wildman–Crippen LogP) is 0.235. The number of ether oxygens (including phenoxy) is 1. The Labute approximate surface area is 129 Å². The van der Waals surface area contributed by atoms with E-state index in [1.54, 1.807) is 13.2 Å². The van der Waals surface area contributed by atoms with Gasteiger partial charge in [-0.2, -0.15) is 0 Å². The van der Waals surface area contributed by atoms with Gasteiger partial charge in [0.05, 0.1) is 13.7 Å². The SMILES string of the molecule is COc1cc(CO)c[n+](CCCCC(NC(C)=O)C(=O)O)c1. The van der Waals surface area contributed by atoms with E-state index in [-0.39, 0.29) is 12.5 Å². The summed E-state index contributed by atoms with van der Waals surface area (Å²) in [4.78, 5) is 21.9. The molecule has 3 N–H and O–H groups in total. The lowest BCUT2D eigenvalue weighted by Gasteiger charge is -2.12. The lowest BCUT2D eigenvalue weighted by molar-refractivity contribution is -0.698. The molecule has 1 rings (SSSR count). The van der Waals surface area contributed by atoms with Crippen molar-refractivity contribution in [1.82, 2.24) is 5.32 Å². The summed E-state index contributed by atoms with van der Waals surface area (Å²) in [6.07, 6.45) is 5.45. The van der Waals surface area contributed by atoms with Gasteiger partial charge >= 0.3 is 5.97 Å². The van der Waals surface area contributed by atoms with Crippen molar-refractivity contribution in [2.45, 2.75) is 45.4 Å². The number of hydrogen-bond donors (Lipinski definition) is 3. The van der Waals surface area contributed by atoms with E-state index < -0.39 is 12.0 Å². The molecule has 1 aromatic heterocycles. The molecule has 1 amide bonds. The highest BCUT2D eigenvalue weighted by Gasteiger charge is 2.18. The van der Waals surface area contributed by atoms with E-state index in [0.29, 0.717) is 25.1 Å². The monoisotopic (exact) mass is 311 g/mol. The lowest BCUT2D eigenvalue weighted by Crippen LogP contribution is -2.39. The van der Waals surface area contributed by atoms with Crippen LogP contribution in [0.2, 0.25) is 0 Å². The zero-order valence-corrected chi connectivity index (χ0v) is 12.9. The average Bonchev–Trinajstić information content (AvgIpc) is 2.49. The number of carbonyl (C=O) groups is 2. The number of unbranched alkanes of at least 4 members (excludes halogenated alkanes) is 1. The zero-order chi connectivity index (χ0) is 16.5. The van der Waals surface area contributed by atoms with E-state index in [2.05, 4.69) is 5.32 Å². The summed E-state index contributed by atoms with van der Waals surface area (Å²) in [5.74, 6) is -0.706. The van der Waals surface area contributed by atoms with Crippen LogP contribution in [0.5, 0.6) is 5.75 Å². The van der Waals surface area contributed by atoms with Crippen LogP contribution in [0.15, 0.2) is 18.5 Å². The topological polar surface area (TPSA) is 99.7 Å². The Morgan fingerprint density at radius 1 is 1.36 bits per heavy atom. The molecule has 7 nitrogen and oxygen atoms in total. The fraction of sp³-hybridized carbons (Fsp3) is 0.533. The van der Waals surface area contributed by atoms with E-state index >= 15 is 0 Å². The number of aryl methyl sites for hydroxylation is 1. The highest BCUT2D eigenvalue weighted by Crippen LogP contribution is 2.10. The molecule has 1 heterocycles. The van der Waals surface area contributed by atoms with Gasteiger partial charge in [-0.3, -0.25) is 4.79 Å². The normalized spacial score (nSPS) is 11.8. The first kappa shape index (κ1) is 17.9. The molecule has 0 aliphatic heterocycles. The van der Waals surface area contributed by atoms with Gasteiger partial charge in [0.1, 0.15) is 12.6 Å². The van der Waals surface area contributed by atoms with Gasteiger partial charge in [0.2, 0.25) is 12.1 Å². The van der Waals surface area contributed by atoms with Crippen LogP contribution in [0.1, 0.15) is 31.7 Å². The summed E-state index contributed by atoms with van der Waals surface area (Å²) in [7, 11) is 1.56. The third-order valence-corrected chi connectivity index (χ3v) is 3.21. The standard InChI is InChI=1S/C15H22N2O5/c1-11(19)16-14(15(20)21)5-3-4-6-17-8-12(10-18)7-13(9-17)22-2/h7-9,14,18H,3-6,10H2,1-2H3,(H-,16,19,20,21)/p+1. The Hall–Kier alpha value is -2.15. The number of methoxy groups -OCH3 is 1. The summed E-state index contributed by atoms with van der Waals surface area (Å²) in [6, 6.07) is 0.911. The van der Waals surface area contributed by atoms with Crippen LogP contribution in [0.4, 0.5) is 0 Å². The quantitative estimate of drug-likeness (QED) is 0.448. The van der Waals surface area contributed by atoms with E-state index in [9.17, 15) is 14.7 Å². The minimum atomic E-state index is -1.02. The summed E-state index contributed by atoms with van der Waals surface area (Å²) in [5, 5.41) is 20.6. The van der Waals surface area contributed by atoms with Gasteiger partial charge in [0, 0.05) is 18.9 Å². The maximum Gasteiger partial charge on any atom is 0.326 e. The number of nitrogens with zero attached hydrogens (tertiary/aromatic N) is 1. The molecular weight excluding hydrogens is 288 g/mol. The van der Waals surface area contributed by atoms with Crippen molar-refractivity contribution in [2.24, 2.45) is 0 Å². The van der Waals surface area contributed by atoms with E-state index in [4.69, 9.17) is 9.84 Å². The van der Waals surface area contributed by atoms with Crippen LogP contribution in [-0.4, -0.2) is 35.2 Å². The number of carboxylic acids is 1. The third kappa shape index (κ3) is 6.09. The highest BCUT2D eigenvalue weighted by atomic mass is 16.5. The van der Waals surface area contributed by atoms with Gasteiger partial charge < -0.3 is 20.3 Å². The molecule has 1 aromatic rings. The maximum absolute atomic E-state index is 11.0. The molecule has 1 unspecified atom stereocenters. The molecule has 0 saturated carbocycles. The number of carboxylic acid groups (broad SMARTS) is 1. The Bertz CT molecular complexity index is 496. The van der Waals surface area contributed by atoms with Crippen molar-refractivity contribution in [2.75, 3.05) is 7.11 Å². The minimum Gasteiger partial charge on any atom is -0.491 e. The van der Waals surface area contributed by atoms with Gasteiger partial charge in [0.15, 0.2) is 11.9 Å². The van der Waals surface area contributed by atoms with Crippen LogP contribution in [0.3, 0.4) is 0 Å². The number of aromatic nitrogens is 1. The molecule has 0 bridgehead atoms. The number of amides is 1. The summed E-state index contributed by atoms with van der Waals surface area (Å²) in [6.45, 7) is 1.91. The first-order valence-corrected chi connectivity index (χ1v) is 7.14. The van der Waals surface area contributed by atoms with Crippen molar-refractivity contribution in [3.05, 3.63) is 24.0 Å². The molecule has 0 fully saturated rings. The molecule has 7 heteroatoms. The predicted molar refractivity (Wildman–Crippen MR) is 78.2 cm³/mol. The number of aliphatic hydroxyl groups excluding tert-OH is 1. The van der Waals surface area contributed by atoms with Crippen molar-refractivity contribution in [3.8, 4) is 5.75 Å². The van der Waals surface area contributed by atoms with Crippen molar-refractivity contribution >= 4 is 11.9 Å². The fourth-order valence-electron chi connectivity index (χ4n) is 2.14. The van der Waals surface area contributed by atoms with Crippen LogP contribution in [0, 0.1) is 0 Å². The molecule has 0 aromatic carbocycles. The van der Waals surface area contributed by atoms with Crippen molar-refractivity contribution in [1.29, 1.82) is 0 Å². The Morgan fingerprint density at radius 2 is 2.09 bits per heavy atom. The smallest absolute Gasteiger partial charge is 0.326 e. The second-order valence-corrected chi connectivity index (χ2v) is 5.07. The third-order valence-electron chi connectivity index (χ3n) is 3.21. The van der Waals surface area contributed by atoms with E-state index in [1.165, 1.54) is 6.92 Å². The number of aliphatic carboxylic acids is 1. The van der Waals surface area contributed by atoms with Crippen LogP contribution >= 0.6 is 0 Å². The summed E-state index contributed by atoms with van der Waals surface area (Å²) < 4.78 is 7.06. The first-order valence-electron chi connectivity index (χ1n) is 7.14. The number of carbonyl (C=O) groups excluding carboxylic acids is 1. The van der Waals surface area contributed by atoms with Crippen molar-refractivity contribution in [3.63, 3.8) is 0 Å². The lowest BCUT2D eigenvalue weighted by atomic mass is 10.1. The molecule has 1 atom stereocenters. The first-order chi connectivity index (χ1) is 10.5. The number of nitrogens with one attached hydrogen (secondary N) is 1.